The Morgan fingerprint density at radius 1 is 1.13 bits per heavy atom. The number of rotatable bonds is 4. The molecule has 1 aliphatic heterocycles. The van der Waals surface area contributed by atoms with Crippen molar-refractivity contribution in [2.24, 2.45) is 0 Å². The lowest BCUT2D eigenvalue weighted by molar-refractivity contribution is 0.0968. The Morgan fingerprint density at radius 2 is 1.91 bits per heavy atom. The molecule has 4 heteroatoms. The minimum absolute atomic E-state index is 0.0328. The van der Waals surface area contributed by atoms with E-state index in [2.05, 4.69) is 10.6 Å². The van der Waals surface area contributed by atoms with E-state index in [4.69, 9.17) is 9.72 Å². The second kappa shape index (κ2) is 6.14. The molecule has 2 heterocycles. The highest BCUT2D eigenvalue weighted by atomic mass is 16.5. The maximum atomic E-state index is 10.6. The molecular formula is C19H20N2O2. The third-order valence-electron chi connectivity index (χ3n) is 4.44. The van der Waals surface area contributed by atoms with Crippen molar-refractivity contribution in [2.45, 2.75) is 31.6 Å². The van der Waals surface area contributed by atoms with Crippen molar-refractivity contribution in [3.63, 3.8) is 0 Å². The Balaban J connectivity index is 1.73. The van der Waals surface area contributed by atoms with Gasteiger partial charge < -0.3 is 14.4 Å². The van der Waals surface area contributed by atoms with Crippen molar-refractivity contribution in [1.29, 1.82) is 0 Å². The van der Waals surface area contributed by atoms with E-state index in [9.17, 15) is 5.11 Å². The van der Waals surface area contributed by atoms with E-state index in [1.807, 2.05) is 48.5 Å². The fourth-order valence-electron chi connectivity index (χ4n) is 3.27. The summed E-state index contributed by atoms with van der Waals surface area (Å²) in [6.07, 6.45) is 1.53. The van der Waals surface area contributed by atoms with Crippen LogP contribution in [0.15, 0.2) is 54.6 Å². The lowest BCUT2D eigenvalue weighted by Gasteiger charge is -2.17. The first-order valence-corrected chi connectivity index (χ1v) is 8.13. The second-order valence-electron chi connectivity index (χ2n) is 6.00. The van der Waals surface area contributed by atoms with Gasteiger partial charge in [0.2, 0.25) is 0 Å². The molecule has 0 aliphatic carbocycles. The number of aromatic nitrogens is 2. The van der Waals surface area contributed by atoms with Crippen molar-refractivity contribution in [1.82, 2.24) is 9.55 Å². The van der Waals surface area contributed by atoms with Crippen LogP contribution in [0.5, 0.6) is 0 Å². The van der Waals surface area contributed by atoms with Crippen LogP contribution in [0.1, 0.15) is 36.4 Å². The van der Waals surface area contributed by atoms with Gasteiger partial charge in [-0.05, 0) is 30.5 Å². The lowest BCUT2D eigenvalue weighted by Crippen LogP contribution is -2.14. The Kier molecular flexibility index (Phi) is 3.85. The molecule has 1 N–H and O–H groups in total. The minimum atomic E-state index is -0.561. The summed E-state index contributed by atoms with van der Waals surface area (Å²) in [6, 6.07) is 17.8. The smallest absolute Gasteiger partial charge is 0.139 e. The van der Waals surface area contributed by atoms with Gasteiger partial charge in [-0.15, -0.1) is 0 Å². The zero-order valence-corrected chi connectivity index (χ0v) is 12.9. The topological polar surface area (TPSA) is 47.3 Å². The first-order chi connectivity index (χ1) is 11.3. The number of para-hydroxylation sites is 2. The van der Waals surface area contributed by atoms with E-state index in [0.717, 1.165) is 41.9 Å². The van der Waals surface area contributed by atoms with Crippen LogP contribution < -0.4 is 0 Å². The van der Waals surface area contributed by atoms with Crippen LogP contribution >= 0.6 is 0 Å². The molecule has 0 amide bonds. The van der Waals surface area contributed by atoms with Crippen LogP contribution in [-0.2, 0) is 11.3 Å². The van der Waals surface area contributed by atoms with Crippen LogP contribution in [0.4, 0.5) is 0 Å². The minimum Gasteiger partial charge on any atom is -0.387 e. The van der Waals surface area contributed by atoms with Gasteiger partial charge in [0.05, 0.1) is 23.7 Å². The van der Waals surface area contributed by atoms with E-state index >= 15 is 0 Å². The van der Waals surface area contributed by atoms with Gasteiger partial charge in [-0.25, -0.2) is 4.98 Å². The van der Waals surface area contributed by atoms with Gasteiger partial charge in [0, 0.05) is 6.61 Å². The Bertz CT molecular complexity index is 791. The lowest BCUT2D eigenvalue weighted by atomic mass is 10.1. The largest absolute Gasteiger partial charge is 0.387 e. The van der Waals surface area contributed by atoms with E-state index < -0.39 is 6.10 Å². The van der Waals surface area contributed by atoms with Crippen LogP contribution in [0.25, 0.3) is 11.0 Å². The van der Waals surface area contributed by atoms with Gasteiger partial charge in [-0.3, -0.25) is 0 Å². The number of benzene rings is 2. The zero-order valence-electron chi connectivity index (χ0n) is 12.9. The summed E-state index contributed by atoms with van der Waals surface area (Å²) in [7, 11) is 0. The molecular weight excluding hydrogens is 288 g/mol. The zero-order chi connectivity index (χ0) is 15.6. The molecule has 1 aliphatic rings. The summed E-state index contributed by atoms with van der Waals surface area (Å²) >= 11 is 0. The average molecular weight is 308 g/mol. The number of nitrogens with zero attached hydrogens (tertiary/aromatic N) is 2. The third-order valence-corrected chi connectivity index (χ3v) is 4.44. The summed E-state index contributed by atoms with van der Waals surface area (Å²) in [5.41, 5.74) is 2.93. The number of fused-ring (bicyclic) bond motifs is 1. The van der Waals surface area contributed by atoms with Crippen molar-refractivity contribution >= 4 is 11.0 Å². The molecule has 1 saturated heterocycles. The van der Waals surface area contributed by atoms with Crippen molar-refractivity contribution < 1.29 is 9.84 Å². The molecule has 23 heavy (non-hydrogen) atoms. The molecule has 118 valence electrons. The monoisotopic (exact) mass is 308 g/mol. The first kappa shape index (κ1) is 14.4. The average Bonchev–Trinajstić information content (AvgIpc) is 3.24. The molecule has 0 saturated carbocycles. The second-order valence-corrected chi connectivity index (χ2v) is 6.00. The summed E-state index contributed by atoms with van der Waals surface area (Å²) in [4.78, 5) is 4.77. The van der Waals surface area contributed by atoms with Crippen molar-refractivity contribution in [3.8, 4) is 0 Å². The molecule has 4 rings (SSSR count). The highest BCUT2D eigenvalue weighted by Gasteiger charge is 2.25. The standard InChI is InChI=1S/C19H20N2O2/c22-17(14-7-2-1-3-8-14)13-21-16-10-5-4-9-15(16)20-19(21)18-11-6-12-23-18/h1-5,7-10,17-18,22H,6,11-13H2/t17-,18-/m0/s1. The van der Waals surface area contributed by atoms with E-state index in [-0.39, 0.29) is 6.10 Å². The number of aliphatic hydroxyl groups is 1. The molecule has 1 aromatic heterocycles. The van der Waals surface area contributed by atoms with Gasteiger partial charge in [0.1, 0.15) is 11.9 Å². The molecule has 0 radical (unpaired) electrons. The molecule has 2 atom stereocenters. The van der Waals surface area contributed by atoms with Crippen molar-refractivity contribution in [2.75, 3.05) is 6.61 Å². The van der Waals surface area contributed by atoms with Gasteiger partial charge >= 0.3 is 0 Å². The van der Waals surface area contributed by atoms with E-state index in [1.165, 1.54) is 0 Å². The summed E-state index contributed by atoms with van der Waals surface area (Å²) < 4.78 is 7.95. The number of aliphatic hydroxyl groups excluding tert-OH is 1. The quantitative estimate of drug-likeness (QED) is 0.801. The molecule has 2 aromatic carbocycles. The fraction of sp³-hybridized carbons (Fsp3) is 0.316. The molecule has 0 spiro atoms. The Morgan fingerprint density at radius 3 is 2.70 bits per heavy atom. The summed E-state index contributed by atoms with van der Waals surface area (Å²) in [6.45, 7) is 1.27. The van der Waals surface area contributed by atoms with E-state index in [0.29, 0.717) is 6.54 Å². The summed E-state index contributed by atoms with van der Waals surface area (Å²) in [5, 5.41) is 10.6. The SMILES string of the molecule is O[C@@H](Cn1c([C@@H]2CCCO2)nc2ccccc21)c1ccccc1. The predicted molar refractivity (Wildman–Crippen MR) is 89.1 cm³/mol. The Labute approximate surface area is 135 Å². The number of hydrogen-bond acceptors (Lipinski definition) is 3. The molecule has 3 aromatic rings. The highest BCUT2D eigenvalue weighted by Crippen LogP contribution is 2.31. The first-order valence-electron chi connectivity index (χ1n) is 8.13. The normalized spacial score (nSPS) is 19.3. The third kappa shape index (κ3) is 2.76. The van der Waals surface area contributed by atoms with Gasteiger partial charge in [-0.2, -0.15) is 0 Å². The molecule has 0 unspecified atom stereocenters. The number of hydrogen-bond donors (Lipinski definition) is 1. The highest BCUT2D eigenvalue weighted by molar-refractivity contribution is 5.76. The van der Waals surface area contributed by atoms with Gasteiger partial charge in [0.15, 0.2) is 0 Å². The fourth-order valence-corrected chi connectivity index (χ4v) is 3.27. The van der Waals surface area contributed by atoms with Crippen LogP contribution in [0.3, 0.4) is 0 Å². The Hall–Kier alpha value is -2.17. The molecule has 1 fully saturated rings. The van der Waals surface area contributed by atoms with E-state index in [1.54, 1.807) is 0 Å². The number of imidazole rings is 1. The van der Waals surface area contributed by atoms with Crippen LogP contribution in [0, 0.1) is 0 Å². The maximum absolute atomic E-state index is 10.6. The van der Waals surface area contributed by atoms with Crippen LogP contribution in [-0.4, -0.2) is 21.3 Å². The van der Waals surface area contributed by atoms with Gasteiger partial charge in [-0.1, -0.05) is 42.5 Å². The number of ether oxygens (including phenoxy) is 1. The molecule has 4 nitrogen and oxygen atoms in total. The molecule has 0 bridgehead atoms. The maximum Gasteiger partial charge on any atom is 0.139 e. The van der Waals surface area contributed by atoms with Crippen LogP contribution in [0.2, 0.25) is 0 Å². The van der Waals surface area contributed by atoms with Crippen molar-refractivity contribution in [3.05, 3.63) is 66.0 Å². The summed E-state index contributed by atoms with van der Waals surface area (Å²) in [5.74, 6) is 0.929. The van der Waals surface area contributed by atoms with Gasteiger partial charge in [0.25, 0.3) is 0 Å². The predicted octanol–water partition coefficient (Wildman–Crippen LogP) is 3.62.